The number of morpholine rings is 1. The van der Waals surface area contributed by atoms with Crippen LogP contribution >= 0.6 is 0 Å². The van der Waals surface area contributed by atoms with Crippen molar-refractivity contribution in [1.29, 1.82) is 0 Å². The van der Waals surface area contributed by atoms with E-state index in [0.29, 0.717) is 13.2 Å². The smallest absolute Gasteiger partial charge is 0.410 e. The normalized spacial score (nSPS) is 21.2. The predicted molar refractivity (Wildman–Crippen MR) is 70.2 cm³/mol. The molecule has 1 N–H and O–H groups in total. The monoisotopic (exact) mass is 289 g/mol. The van der Waals surface area contributed by atoms with Crippen LogP contribution < -0.4 is 0 Å². The molecule has 1 amide bonds. The van der Waals surface area contributed by atoms with Gasteiger partial charge in [0, 0.05) is 6.54 Å². The van der Waals surface area contributed by atoms with Crippen molar-refractivity contribution in [3.8, 4) is 0 Å². The summed E-state index contributed by atoms with van der Waals surface area (Å²) >= 11 is 0. The van der Waals surface area contributed by atoms with Gasteiger partial charge >= 0.3 is 12.1 Å². The first-order valence-corrected chi connectivity index (χ1v) is 6.57. The van der Waals surface area contributed by atoms with E-state index in [1.165, 1.54) is 12.0 Å². The summed E-state index contributed by atoms with van der Waals surface area (Å²) in [5.74, 6) is -0.518. The lowest BCUT2D eigenvalue weighted by Gasteiger charge is -2.35. The van der Waals surface area contributed by atoms with Crippen molar-refractivity contribution in [2.45, 2.75) is 45.0 Å². The van der Waals surface area contributed by atoms with Crippen molar-refractivity contribution < 1.29 is 28.9 Å². The van der Waals surface area contributed by atoms with Gasteiger partial charge in [-0.05, 0) is 20.8 Å². The van der Waals surface area contributed by atoms with E-state index >= 15 is 0 Å². The maximum atomic E-state index is 11.9. The van der Waals surface area contributed by atoms with Gasteiger partial charge in [-0.25, -0.2) is 4.79 Å². The molecule has 0 bridgehead atoms. The summed E-state index contributed by atoms with van der Waals surface area (Å²) in [7, 11) is 1.25. The van der Waals surface area contributed by atoms with Gasteiger partial charge in [-0.3, -0.25) is 4.79 Å². The number of carbonyl (C=O) groups excluding carboxylic acids is 2. The van der Waals surface area contributed by atoms with Gasteiger partial charge in [0.25, 0.3) is 0 Å². The molecule has 7 heteroatoms. The number of rotatable bonds is 3. The number of ether oxygens (including phenoxy) is 3. The highest BCUT2D eigenvalue weighted by Crippen LogP contribution is 2.16. The molecule has 2 atom stereocenters. The summed E-state index contributed by atoms with van der Waals surface area (Å²) in [6, 6.07) is 0. The minimum absolute atomic E-state index is 0.163. The Hall–Kier alpha value is -1.34. The Morgan fingerprint density at radius 2 is 2.10 bits per heavy atom. The zero-order valence-corrected chi connectivity index (χ0v) is 12.4. The third-order valence-corrected chi connectivity index (χ3v) is 2.78. The molecule has 20 heavy (non-hydrogen) atoms. The number of nitrogens with zero attached hydrogens (tertiary/aromatic N) is 1. The SMILES string of the molecule is COC(=O)C[C@@H](O)C1CN(C(=O)OC(C)(C)C)CCO1. The molecule has 1 fully saturated rings. The van der Waals surface area contributed by atoms with E-state index in [2.05, 4.69) is 4.74 Å². The Labute approximate surface area is 118 Å². The van der Waals surface area contributed by atoms with Gasteiger partial charge in [-0.1, -0.05) is 0 Å². The van der Waals surface area contributed by atoms with Gasteiger partial charge in [0.1, 0.15) is 11.7 Å². The molecule has 1 aliphatic heterocycles. The first-order valence-electron chi connectivity index (χ1n) is 6.57. The highest BCUT2D eigenvalue weighted by molar-refractivity contribution is 5.70. The summed E-state index contributed by atoms with van der Waals surface area (Å²) in [6.45, 7) is 6.24. The fraction of sp³-hybridized carbons (Fsp3) is 0.846. The summed E-state index contributed by atoms with van der Waals surface area (Å²) in [4.78, 5) is 24.5. The van der Waals surface area contributed by atoms with Crippen molar-refractivity contribution >= 4 is 12.1 Å². The Morgan fingerprint density at radius 1 is 1.45 bits per heavy atom. The number of methoxy groups -OCH3 is 1. The number of amides is 1. The molecule has 1 heterocycles. The lowest BCUT2D eigenvalue weighted by Crippen LogP contribution is -2.51. The summed E-state index contributed by atoms with van der Waals surface area (Å²) in [6.07, 6.45) is -2.23. The van der Waals surface area contributed by atoms with E-state index in [-0.39, 0.29) is 13.0 Å². The van der Waals surface area contributed by atoms with Crippen LogP contribution in [-0.2, 0) is 19.0 Å². The lowest BCUT2D eigenvalue weighted by atomic mass is 10.1. The molecule has 0 spiro atoms. The molecular formula is C13H23NO6. The molecule has 7 nitrogen and oxygen atoms in total. The molecule has 0 saturated carbocycles. The van der Waals surface area contributed by atoms with E-state index in [0.717, 1.165) is 0 Å². The molecular weight excluding hydrogens is 266 g/mol. The molecule has 1 aliphatic rings. The van der Waals surface area contributed by atoms with Gasteiger partial charge in [0.2, 0.25) is 0 Å². The van der Waals surface area contributed by atoms with Crippen molar-refractivity contribution in [1.82, 2.24) is 4.90 Å². The van der Waals surface area contributed by atoms with Crippen LogP contribution in [0.5, 0.6) is 0 Å². The number of hydrogen-bond acceptors (Lipinski definition) is 6. The zero-order chi connectivity index (χ0) is 15.3. The van der Waals surface area contributed by atoms with Crippen molar-refractivity contribution in [2.75, 3.05) is 26.8 Å². The number of carbonyl (C=O) groups is 2. The molecule has 1 rings (SSSR count). The van der Waals surface area contributed by atoms with Gasteiger partial charge in [0.05, 0.1) is 32.8 Å². The minimum atomic E-state index is -1.01. The van der Waals surface area contributed by atoms with Crippen LogP contribution in [-0.4, -0.2) is 66.7 Å². The fourth-order valence-corrected chi connectivity index (χ4v) is 1.79. The topological polar surface area (TPSA) is 85.3 Å². The lowest BCUT2D eigenvalue weighted by molar-refractivity contribution is -0.147. The molecule has 1 saturated heterocycles. The molecule has 0 aromatic carbocycles. The fourth-order valence-electron chi connectivity index (χ4n) is 1.79. The van der Waals surface area contributed by atoms with Crippen LogP contribution in [0.15, 0.2) is 0 Å². The zero-order valence-electron chi connectivity index (χ0n) is 12.4. The van der Waals surface area contributed by atoms with Crippen LogP contribution in [0.2, 0.25) is 0 Å². The second-order valence-corrected chi connectivity index (χ2v) is 5.68. The van der Waals surface area contributed by atoms with E-state index in [1.807, 2.05) is 0 Å². The molecule has 116 valence electrons. The van der Waals surface area contributed by atoms with Crippen LogP contribution in [0.4, 0.5) is 4.79 Å². The Balaban J connectivity index is 2.53. The highest BCUT2D eigenvalue weighted by atomic mass is 16.6. The van der Waals surface area contributed by atoms with Crippen LogP contribution in [0, 0.1) is 0 Å². The number of aliphatic hydroxyl groups is 1. The predicted octanol–water partition coefficient (Wildman–Crippen LogP) is 0.546. The molecule has 0 aromatic heterocycles. The summed E-state index contributed by atoms with van der Waals surface area (Å²) in [5.41, 5.74) is -0.574. The minimum Gasteiger partial charge on any atom is -0.469 e. The van der Waals surface area contributed by atoms with Crippen LogP contribution in [0.25, 0.3) is 0 Å². The second-order valence-electron chi connectivity index (χ2n) is 5.68. The number of hydrogen-bond donors (Lipinski definition) is 1. The third-order valence-electron chi connectivity index (χ3n) is 2.78. The Morgan fingerprint density at radius 3 is 2.65 bits per heavy atom. The van der Waals surface area contributed by atoms with Crippen molar-refractivity contribution in [2.24, 2.45) is 0 Å². The average Bonchev–Trinajstić information content (AvgIpc) is 2.36. The molecule has 0 aliphatic carbocycles. The highest BCUT2D eigenvalue weighted by Gasteiger charge is 2.32. The molecule has 0 aromatic rings. The molecule has 0 radical (unpaired) electrons. The van der Waals surface area contributed by atoms with Gasteiger partial charge in [0.15, 0.2) is 0 Å². The summed E-state index contributed by atoms with van der Waals surface area (Å²) < 4.78 is 15.1. The van der Waals surface area contributed by atoms with Gasteiger partial charge in [-0.2, -0.15) is 0 Å². The van der Waals surface area contributed by atoms with Crippen LogP contribution in [0.1, 0.15) is 27.2 Å². The maximum absolute atomic E-state index is 11.9. The average molecular weight is 289 g/mol. The number of esters is 1. The van der Waals surface area contributed by atoms with E-state index < -0.39 is 29.9 Å². The van der Waals surface area contributed by atoms with Gasteiger partial charge in [-0.15, -0.1) is 0 Å². The van der Waals surface area contributed by atoms with E-state index in [1.54, 1.807) is 20.8 Å². The van der Waals surface area contributed by atoms with Crippen molar-refractivity contribution in [3.63, 3.8) is 0 Å². The van der Waals surface area contributed by atoms with E-state index in [9.17, 15) is 14.7 Å². The first kappa shape index (κ1) is 16.7. The largest absolute Gasteiger partial charge is 0.469 e. The second kappa shape index (κ2) is 6.90. The Kier molecular flexibility index (Phi) is 5.76. The maximum Gasteiger partial charge on any atom is 0.410 e. The Bertz CT molecular complexity index is 351. The van der Waals surface area contributed by atoms with Gasteiger partial charge < -0.3 is 24.2 Å². The summed E-state index contributed by atoms with van der Waals surface area (Å²) in [5, 5.41) is 9.90. The first-order chi connectivity index (χ1) is 9.23. The standard InChI is InChI=1S/C13H23NO6/c1-13(2,3)20-12(17)14-5-6-19-10(8-14)9(15)7-11(16)18-4/h9-10,15H,5-8H2,1-4H3/t9-,10?/m1/s1. The number of aliphatic hydroxyl groups excluding tert-OH is 1. The van der Waals surface area contributed by atoms with Crippen LogP contribution in [0.3, 0.4) is 0 Å². The third kappa shape index (κ3) is 5.34. The van der Waals surface area contributed by atoms with E-state index in [4.69, 9.17) is 9.47 Å². The molecule has 1 unspecified atom stereocenters. The van der Waals surface area contributed by atoms with Crippen molar-refractivity contribution in [3.05, 3.63) is 0 Å². The quantitative estimate of drug-likeness (QED) is 0.764.